The monoisotopic (exact) mass is 441 g/mol. The molecule has 33 heavy (non-hydrogen) atoms. The molecule has 0 aliphatic heterocycles. The maximum Gasteiger partial charge on any atom is 0.328 e. The van der Waals surface area contributed by atoms with E-state index in [0.29, 0.717) is 24.8 Å². The second kappa shape index (κ2) is 9.74. The number of nitrogens with zero attached hydrogens (tertiary/aromatic N) is 1. The molecule has 0 aliphatic rings. The van der Waals surface area contributed by atoms with Crippen molar-refractivity contribution in [3.05, 3.63) is 89.3 Å². The summed E-state index contributed by atoms with van der Waals surface area (Å²) in [4.78, 5) is 15.6. The van der Waals surface area contributed by atoms with Crippen molar-refractivity contribution in [2.45, 2.75) is 33.1 Å². The lowest BCUT2D eigenvalue weighted by Gasteiger charge is -2.10. The number of fused-ring (bicyclic) bond motifs is 1. The SMILES string of the molecule is Cc1oc(-c2ccc(C(C)C)cc2)nc1CCOc1cccc2c(/C=C/C(=O)O)cccc12. The summed E-state index contributed by atoms with van der Waals surface area (Å²) in [5.74, 6) is 1.68. The molecule has 0 bridgehead atoms. The fourth-order valence-electron chi connectivity index (χ4n) is 3.79. The van der Waals surface area contributed by atoms with E-state index in [2.05, 4.69) is 26.0 Å². The van der Waals surface area contributed by atoms with E-state index in [1.165, 1.54) is 5.56 Å². The Labute approximate surface area is 193 Å². The minimum Gasteiger partial charge on any atom is -0.493 e. The van der Waals surface area contributed by atoms with Gasteiger partial charge in [-0.25, -0.2) is 9.78 Å². The number of hydrogen-bond acceptors (Lipinski definition) is 4. The standard InChI is InChI=1S/C28H27NO4/c1-18(2)20-10-12-22(13-11-20)28-29-25(19(3)33-28)16-17-32-26-9-5-7-23-21(14-15-27(30)31)6-4-8-24(23)26/h4-15,18H,16-17H2,1-3H3,(H,30,31)/b15-14+. The fraction of sp³-hybridized carbons (Fsp3) is 0.214. The first-order valence-electron chi connectivity index (χ1n) is 11.0. The molecule has 0 spiro atoms. The molecule has 168 valence electrons. The van der Waals surface area contributed by atoms with Gasteiger partial charge in [0.1, 0.15) is 11.5 Å². The van der Waals surface area contributed by atoms with E-state index < -0.39 is 5.97 Å². The zero-order valence-electron chi connectivity index (χ0n) is 19.0. The van der Waals surface area contributed by atoms with Crippen LogP contribution < -0.4 is 4.74 Å². The van der Waals surface area contributed by atoms with E-state index in [1.807, 2.05) is 55.5 Å². The third-order valence-corrected chi connectivity index (χ3v) is 5.63. The number of hydrogen-bond donors (Lipinski definition) is 1. The molecule has 1 N–H and O–H groups in total. The summed E-state index contributed by atoms with van der Waals surface area (Å²) in [7, 11) is 0. The Balaban J connectivity index is 1.48. The molecule has 0 amide bonds. The highest BCUT2D eigenvalue weighted by molar-refractivity contribution is 5.97. The lowest BCUT2D eigenvalue weighted by molar-refractivity contribution is -0.131. The summed E-state index contributed by atoms with van der Waals surface area (Å²) in [6, 6.07) is 19.9. The molecular formula is C28H27NO4. The van der Waals surface area contributed by atoms with Crippen LogP contribution in [0.4, 0.5) is 0 Å². The number of aryl methyl sites for hydroxylation is 1. The van der Waals surface area contributed by atoms with Gasteiger partial charge in [0.2, 0.25) is 5.89 Å². The molecule has 1 heterocycles. The number of aromatic nitrogens is 1. The maximum atomic E-state index is 10.9. The van der Waals surface area contributed by atoms with Crippen LogP contribution in [0, 0.1) is 6.92 Å². The van der Waals surface area contributed by atoms with Gasteiger partial charge in [0.15, 0.2) is 0 Å². The highest BCUT2D eigenvalue weighted by Gasteiger charge is 2.13. The molecule has 0 saturated carbocycles. The van der Waals surface area contributed by atoms with Crippen molar-refractivity contribution in [2.75, 3.05) is 6.61 Å². The predicted molar refractivity (Wildman–Crippen MR) is 131 cm³/mol. The van der Waals surface area contributed by atoms with Gasteiger partial charge in [0, 0.05) is 23.4 Å². The van der Waals surface area contributed by atoms with Gasteiger partial charge in [-0.3, -0.25) is 0 Å². The van der Waals surface area contributed by atoms with E-state index >= 15 is 0 Å². The molecule has 4 aromatic rings. The highest BCUT2D eigenvalue weighted by Crippen LogP contribution is 2.29. The van der Waals surface area contributed by atoms with Gasteiger partial charge in [0.25, 0.3) is 0 Å². The molecule has 0 saturated heterocycles. The first kappa shape index (κ1) is 22.3. The summed E-state index contributed by atoms with van der Waals surface area (Å²) in [6.45, 7) is 6.72. The van der Waals surface area contributed by atoms with Crippen molar-refractivity contribution in [3.63, 3.8) is 0 Å². The van der Waals surface area contributed by atoms with Crippen LogP contribution in [0.1, 0.15) is 42.3 Å². The van der Waals surface area contributed by atoms with E-state index in [1.54, 1.807) is 6.08 Å². The van der Waals surface area contributed by atoms with Crippen molar-refractivity contribution in [2.24, 2.45) is 0 Å². The minimum absolute atomic E-state index is 0.452. The zero-order valence-corrected chi connectivity index (χ0v) is 19.0. The normalized spacial score (nSPS) is 11.5. The third-order valence-electron chi connectivity index (χ3n) is 5.63. The number of rotatable bonds is 8. The van der Waals surface area contributed by atoms with E-state index in [-0.39, 0.29) is 0 Å². The molecule has 0 fully saturated rings. The second-order valence-electron chi connectivity index (χ2n) is 8.27. The average Bonchev–Trinajstić information content (AvgIpc) is 3.18. The fourth-order valence-corrected chi connectivity index (χ4v) is 3.79. The Morgan fingerprint density at radius 3 is 2.52 bits per heavy atom. The van der Waals surface area contributed by atoms with Gasteiger partial charge < -0.3 is 14.3 Å². The molecule has 0 aliphatic carbocycles. The van der Waals surface area contributed by atoms with Crippen LogP contribution in [0.5, 0.6) is 5.75 Å². The number of carboxylic acids is 1. The van der Waals surface area contributed by atoms with Gasteiger partial charge in [-0.15, -0.1) is 0 Å². The number of ether oxygens (including phenoxy) is 1. The van der Waals surface area contributed by atoms with Crippen LogP contribution in [-0.4, -0.2) is 22.7 Å². The highest BCUT2D eigenvalue weighted by atomic mass is 16.5. The summed E-state index contributed by atoms with van der Waals surface area (Å²) in [5.41, 5.74) is 3.96. The largest absolute Gasteiger partial charge is 0.493 e. The molecular weight excluding hydrogens is 414 g/mol. The van der Waals surface area contributed by atoms with Crippen molar-refractivity contribution < 1.29 is 19.1 Å². The Kier molecular flexibility index (Phi) is 6.59. The van der Waals surface area contributed by atoms with Crippen LogP contribution in [0.3, 0.4) is 0 Å². The molecule has 0 atom stereocenters. The minimum atomic E-state index is -0.974. The van der Waals surface area contributed by atoms with Gasteiger partial charge in [-0.1, -0.05) is 56.3 Å². The summed E-state index contributed by atoms with van der Waals surface area (Å²) in [6.07, 6.45) is 3.36. The van der Waals surface area contributed by atoms with Crippen molar-refractivity contribution in [1.29, 1.82) is 0 Å². The van der Waals surface area contributed by atoms with Crippen LogP contribution in [-0.2, 0) is 11.2 Å². The first-order valence-corrected chi connectivity index (χ1v) is 11.0. The van der Waals surface area contributed by atoms with Crippen LogP contribution in [0.2, 0.25) is 0 Å². The predicted octanol–water partition coefficient (Wildman–Crippen LogP) is 6.65. The van der Waals surface area contributed by atoms with Crippen molar-refractivity contribution >= 4 is 22.8 Å². The van der Waals surface area contributed by atoms with E-state index in [0.717, 1.165) is 45.2 Å². The van der Waals surface area contributed by atoms with Gasteiger partial charge >= 0.3 is 5.97 Å². The molecule has 0 unspecified atom stereocenters. The molecule has 5 nitrogen and oxygen atoms in total. The quantitative estimate of drug-likeness (QED) is 0.310. The third kappa shape index (κ3) is 5.14. The van der Waals surface area contributed by atoms with Gasteiger partial charge in [-0.2, -0.15) is 0 Å². The van der Waals surface area contributed by atoms with Crippen LogP contribution >= 0.6 is 0 Å². The lowest BCUT2D eigenvalue weighted by atomic mass is 10.0. The number of benzene rings is 3. The lowest BCUT2D eigenvalue weighted by Crippen LogP contribution is -2.03. The number of oxazole rings is 1. The van der Waals surface area contributed by atoms with Gasteiger partial charge in [0.05, 0.1) is 12.3 Å². The topological polar surface area (TPSA) is 72.6 Å². The first-order chi connectivity index (χ1) is 15.9. The number of aliphatic carboxylic acids is 1. The zero-order chi connectivity index (χ0) is 23.4. The number of carboxylic acid groups (broad SMARTS) is 1. The molecule has 3 aromatic carbocycles. The molecule has 5 heteroatoms. The summed E-state index contributed by atoms with van der Waals surface area (Å²) >= 11 is 0. The smallest absolute Gasteiger partial charge is 0.328 e. The Hall–Kier alpha value is -3.86. The van der Waals surface area contributed by atoms with Crippen LogP contribution in [0.25, 0.3) is 28.3 Å². The van der Waals surface area contributed by atoms with E-state index in [4.69, 9.17) is 19.2 Å². The Morgan fingerprint density at radius 1 is 1.06 bits per heavy atom. The molecule has 4 rings (SSSR count). The molecule has 1 aromatic heterocycles. The van der Waals surface area contributed by atoms with Gasteiger partial charge in [-0.05, 0) is 53.6 Å². The van der Waals surface area contributed by atoms with Crippen molar-refractivity contribution in [1.82, 2.24) is 4.98 Å². The summed E-state index contributed by atoms with van der Waals surface area (Å²) in [5, 5.41) is 10.8. The Bertz CT molecular complexity index is 1300. The second-order valence-corrected chi connectivity index (χ2v) is 8.27. The average molecular weight is 442 g/mol. The summed E-state index contributed by atoms with van der Waals surface area (Å²) < 4.78 is 12.0. The van der Waals surface area contributed by atoms with Crippen molar-refractivity contribution in [3.8, 4) is 17.2 Å². The number of carbonyl (C=O) groups is 1. The maximum absolute atomic E-state index is 10.9. The Morgan fingerprint density at radius 2 is 1.79 bits per heavy atom. The van der Waals surface area contributed by atoms with E-state index in [9.17, 15) is 4.79 Å². The molecule has 0 radical (unpaired) electrons. The van der Waals surface area contributed by atoms with Crippen LogP contribution in [0.15, 0.2) is 71.2 Å².